The highest BCUT2D eigenvalue weighted by Gasteiger charge is 2.39. The number of carboxylic acid groups (broad SMARTS) is 2. The van der Waals surface area contributed by atoms with Gasteiger partial charge in [-0.25, -0.2) is 9.78 Å². The number of aliphatic hydroxyl groups excluding tert-OH is 1. The van der Waals surface area contributed by atoms with Gasteiger partial charge in [-0.05, 0) is 99.4 Å². The Morgan fingerprint density at radius 1 is 0.467 bits per heavy atom. The summed E-state index contributed by atoms with van der Waals surface area (Å²) in [5.74, 6) is -18.1. The summed E-state index contributed by atoms with van der Waals surface area (Å²) in [5, 5.41) is 81.2. The standard InChI is InChI=1S/C78H104N22O20/c1-41(66(108)88-39-63(105)91-60(77(119)120)36-62(82)104)90-71(113)55(30-43-14-5-3-6-15-43)97-72(114)57(32-45-22-24-48(102)25-23-45)95-69(111)53(21-13-29-86-78(83)84)93-74(116)58(33-46-37-87-51-19-10-9-18-49(46)51)98-73(115)56(31-44-16-7-4-8-17-44)96-70(112)54(26-27-61(81)103)94-76(118)65(42(2)101)100-75(117)59(34-47-38-85-40-89-47)99-68(110)52(20-11-12-28-79)92-67(109)50(80)35-64(106)107/h3-10,14-19,22-25,37-38,40-42,50,52-60,65,87,101-102H,11-13,20-21,26-36,39,79-80H2,1-2H3,(H2,81,103)(H2,82,104)(H,85,89)(H,88,108)(H,90,113)(H,91,105)(H,92,109)(H,93,116)(H,94,118)(H,95,111)(H,96,112)(H,97,114)(H,98,115)(H,99,110)(H,100,117)(H,106,107)(H,119,120)(H4,83,84,86)/t41-,42+,50-,52-,53-,54-,55-,56-,57-,58-,59-,60-,65-/m0/s1. The van der Waals surface area contributed by atoms with Crippen LogP contribution in [0.4, 0.5) is 0 Å². The number of aliphatic hydroxyl groups is 1. The summed E-state index contributed by atoms with van der Waals surface area (Å²) < 4.78 is 0. The molecule has 0 spiro atoms. The van der Waals surface area contributed by atoms with Gasteiger partial charge >= 0.3 is 11.9 Å². The molecule has 0 saturated carbocycles. The number of carboxylic acids is 2. The van der Waals surface area contributed by atoms with Crippen LogP contribution in [0.5, 0.6) is 5.75 Å². The molecule has 4 aromatic carbocycles. The first-order valence-electron chi connectivity index (χ1n) is 38.3. The number of hydrogen-bond donors (Lipinski definition) is 25. The van der Waals surface area contributed by atoms with Crippen LogP contribution in [0.2, 0.25) is 0 Å². The molecule has 0 aliphatic heterocycles. The third kappa shape index (κ3) is 32.3. The average Bonchev–Trinajstić information content (AvgIpc) is 1.65. The predicted molar refractivity (Wildman–Crippen MR) is 430 cm³/mol. The van der Waals surface area contributed by atoms with Gasteiger partial charge in [0.1, 0.15) is 72.2 Å². The molecule has 120 heavy (non-hydrogen) atoms. The van der Waals surface area contributed by atoms with E-state index in [1.165, 1.54) is 43.7 Å². The van der Waals surface area contributed by atoms with E-state index in [0.29, 0.717) is 39.6 Å². The van der Waals surface area contributed by atoms with Crippen LogP contribution in [0.1, 0.15) is 99.6 Å². The maximum Gasteiger partial charge on any atom is 0.326 e. The van der Waals surface area contributed by atoms with E-state index >= 15 is 19.2 Å². The lowest BCUT2D eigenvalue weighted by molar-refractivity contribution is -0.143. The van der Waals surface area contributed by atoms with Crippen LogP contribution in [-0.4, -0.2) is 234 Å². The van der Waals surface area contributed by atoms with Gasteiger partial charge in [0.05, 0.1) is 37.9 Å². The molecule has 0 bridgehead atoms. The number of aromatic nitrogens is 3. The second kappa shape index (κ2) is 48.0. The van der Waals surface area contributed by atoms with Gasteiger partial charge in [-0.2, -0.15) is 0 Å². The second-order valence-corrected chi connectivity index (χ2v) is 28.4. The van der Waals surface area contributed by atoms with Crippen LogP contribution >= 0.6 is 0 Å². The SMILES string of the molecule is C[C@H](NC(=O)[C@H](Cc1ccccc1)NC(=O)[C@H](Cc1ccc(O)cc1)NC(=O)[C@H](CCCNC(=N)N)NC(=O)[C@H](Cc1c[nH]c2ccccc12)NC(=O)[C@H](Cc1ccccc1)NC(=O)[C@H](CCC(N)=O)NC(=O)[C@@H](NC(=O)[C@H](Cc1cnc[nH]1)NC(=O)[C@H](CCCCN)NC(=O)[C@@H](N)CC(=O)O)[C@@H](C)O)C(=O)NCC(=O)N[C@@H](CC(N)=O)C(=O)O. The number of primary amides is 2. The number of phenols is 1. The number of carbonyl (C=O) groups excluding carboxylic acids is 14. The number of nitrogens with two attached hydrogens (primary N) is 5. The van der Waals surface area contributed by atoms with Crippen LogP contribution in [-0.2, 0) is 109 Å². The van der Waals surface area contributed by atoms with Crippen molar-refractivity contribution in [3.63, 3.8) is 0 Å². The van der Waals surface area contributed by atoms with Gasteiger partial charge in [-0.1, -0.05) is 91.0 Å². The van der Waals surface area contributed by atoms with Gasteiger partial charge in [0.2, 0.25) is 82.7 Å². The van der Waals surface area contributed by atoms with E-state index in [4.69, 9.17) is 34.1 Å². The number of unbranched alkanes of at least 4 members (excludes halogenated alkanes) is 1. The van der Waals surface area contributed by atoms with Gasteiger partial charge in [0.15, 0.2) is 5.96 Å². The van der Waals surface area contributed by atoms with Gasteiger partial charge in [-0.15, -0.1) is 0 Å². The number of aromatic amines is 2. The first-order chi connectivity index (χ1) is 57.1. The first kappa shape index (κ1) is 94.9. The fraction of sp³-hybridized carbons (Fsp3) is 0.410. The molecule has 0 aliphatic carbocycles. The molecule has 0 unspecified atom stereocenters. The summed E-state index contributed by atoms with van der Waals surface area (Å²) in [6.07, 6.45) is -1.60. The maximum absolute atomic E-state index is 15.5. The zero-order chi connectivity index (χ0) is 88.1. The molecule has 2 heterocycles. The van der Waals surface area contributed by atoms with Gasteiger partial charge < -0.3 is 128 Å². The van der Waals surface area contributed by atoms with Crippen molar-refractivity contribution in [2.24, 2.45) is 28.7 Å². The number of imidazole rings is 1. The Labute approximate surface area is 687 Å². The van der Waals surface area contributed by atoms with Crippen molar-refractivity contribution in [3.8, 4) is 5.75 Å². The van der Waals surface area contributed by atoms with E-state index in [9.17, 15) is 78.0 Å². The van der Waals surface area contributed by atoms with Gasteiger partial charge in [0.25, 0.3) is 0 Å². The number of hydrogen-bond acceptors (Lipinski definition) is 22. The normalized spacial score (nSPS) is 14.3. The molecule has 30 N–H and O–H groups in total. The maximum atomic E-state index is 15.5. The molecule has 13 atom stereocenters. The van der Waals surface area contributed by atoms with Crippen LogP contribution in [0, 0.1) is 5.41 Å². The third-order valence-corrected chi connectivity index (χ3v) is 18.7. The Kier molecular flexibility index (Phi) is 37.9. The molecule has 42 heteroatoms. The monoisotopic (exact) mass is 1670 g/mol. The van der Waals surface area contributed by atoms with Crippen molar-refractivity contribution in [1.82, 2.24) is 84.1 Å². The molecule has 42 nitrogen and oxygen atoms in total. The number of H-pyrrole nitrogens is 2. The van der Waals surface area contributed by atoms with Crippen molar-refractivity contribution in [2.75, 3.05) is 19.6 Å². The van der Waals surface area contributed by atoms with Crippen molar-refractivity contribution >= 4 is 112 Å². The fourth-order valence-corrected chi connectivity index (χ4v) is 12.3. The molecular formula is C78H104N22O20. The fourth-order valence-electron chi connectivity index (χ4n) is 12.3. The quantitative estimate of drug-likeness (QED) is 0.00962. The highest BCUT2D eigenvalue weighted by Crippen LogP contribution is 2.21. The zero-order valence-electron chi connectivity index (χ0n) is 65.8. The number of amides is 14. The number of rotatable bonds is 51. The van der Waals surface area contributed by atoms with Gasteiger partial charge in [-0.3, -0.25) is 77.3 Å². The largest absolute Gasteiger partial charge is 0.508 e. The highest BCUT2D eigenvalue weighted by atomic mass is 16.4. The van der Waals surface area contributed by atoms with Crippen LogP contribution < -0.4 is 97.8 Å². The number of nitrogens with zero attached hydrogens (tertiary/aromatic N) is 1. The van der Waals surface area contributed by atoms with E-state index in [0.717, 1.165) is 6.92 Å². The zero-order valence-corrected chi connectivity index (χ0v) is 65.8. The lowest BCUT2D eigenvalue weighted by Crippen LogP contribution is -2.62. The Morgan fingerprint density at radius 3 is 1.43 bits per heavy atom. The number of nitrogens with one attached hydrogen (secondary N) is 16. The molecule has 0 radical (unpaired) electrons. The summed E-state index contributed by atoms with van der Waals surface area (Å²) in [6, 6.07) is 9.07. The summed E-state index contributed by atoms with van der Waals surface area (Å²) in [6.45, 7) is 1.68. The minimum Gasteiger partial charge on any atom is -0.508 e. The molecule has 0 aliphatic rings. The van der Waals surface area contributed by atoms with Gasteiger partial charge in [0, 0.05) is 74.1 Å². The highest BCUT2D eigenvalue weighted by molar-refractivity contribution is 6.01. The lowest BCUT2D eigenvalue weighted by Gasteiger charge is -2.29. The average molecular weight is 1670 g/mol. The Hall–Kier alpha value is -13.9. The lowest BCUT2D eigenvalue weighted by atomic mass is 10.00. The topological polar surface area (TPSA) is 709 Å². The Balaban J connectivity index is 1.31. The molecule has 6 aromatic rings. The minimum absolute atomic E-state index is 0.0113. The van der Waals surface area contributed by atoms with Crippen LogP contribution in [0.3, 0.4) is 0 Å². The summed E-state index contributed by atoms with van der Waals surface area (Å²) in [7, 11) is 0. The number of aromatic hydroxyl groups is 1. The second-order valence-electron chi connectivity index (χ2n) is 28.4. The number of fused-ring (bicyclic) bond motifs is 1. The third-order valence-electron chi connectivity index (χ3n) is 18.7. The molecule has 14 amide bonds. The number of guanidine groups is 1. The summed E-state index contributed by atoms with van der Waals surface area (Å²) in [4.78, 5) is 229. The van der Waals surface area contributed by atoms with E-state index < -0.39 is 211 Å². The smallest absolute Gasteiger partial charge is 0.326 e. The molecule has 646 valence electrons. The van der Waals surface area contributed by atoms with E-state index in [-0.39, 0.29) is 82.3 Å². The van der Waals surface area contributed by atoms with Crippen molar-refractivity contribution in [2.45, 2.75) is 182 Å². The predicted octanol–water partition coefficient (Wildman–Crippen LogP) is -5.62. The van der Waals surface area contributed by atoms with E-state index in [1.807, 2.05) is 0 Å². The van der Waals surface area contributed by atoms with Crippen molar-refractivity contribution in [1.29, 1.82) is 5.41 Å². The van der Waals surface area contributed by atoms with E-state index in [1.54, 1.807) is 91.1 Å². The van der Waals surface area contributed by atoms with Crippen LogP contribution in [0.15, 0.2) is 128 Å². The minimum atomic E-state index is -1.96. The number of carbonyl (C=O) groups is 16. The number of para-hydroxylation sites is 1. The van der Waals surface area contributed by atoms with E-state index in [2.05, 4.69) is 84.1 Å². The number of benzene rings is 4. The van der Waals surface area contributed by atoms with Crippen molar-refractivity contribution in [3.05, 3.63) is 156 Å². The molecule has 0 saturated heterocycles. The molecule has 0 fully saturated rings. The van der Waals surface area contributed by atoms with Crippen molar-refractivity contribution < 1.29 is 97.1 Å². The molecule has 2 aromatic heterocycles. The summed E-state index contributed by atoms with van der Waals surface area (Å²) in [5.41, 5.74) is 30.4. The van der Waals surface area contributed by atoms with Crippen LogP contribution in [0.25, 0.3) is 10.9 Å². The molecular weight excluding hydrogens is 1560 g/mol. The molecule has 6 rings (SSSR count). The Bertz CT molecular complexity index is 4530. The number of aliphatic carboxylic acids is 2. The number of phenolic OH excluding ortho intramolecular Hbond substituents is 1. The first-order valence-corrected chi connectivity index (χ1v) is 38.3. The summed E-state index contributed by atoms with van der Waals surface area (Å²) >= 11 is 0. The Morgan fingerprint density at radius 2 is 0.933 bits per heavy atom.